The van der Waals surface area contributed by atoms with E-state index in [0.717, 1.165) is 0 Å². The molecule has 2 nitrogen and oxygen atoms in total. The minimum Gasteiger partial charge on any atom is -0.345 e. The molecule has 40 heavy (non-hydrogen) atoms. The summed E-state index contributed by atoms with van der Waals surface area (Å²) in [6, 6.07) is 46.7. The van der Waals surface area contributed by atoms with E-state index in [-0.39, 0.29) is 5.41 Å². The predicted molar refractivity (Wildman–Crippen MR) is 170 cm³/mol. The second-order valence-corrected chi connectivity index (χ2v) is 11.5. The Bertz CT molecular complexity index is 2060. The lowest BCUT2D eigenvalue weighted by Crippen LogP contribution is -2.17. The smallest absolute Gasteiger partial charge is 0.0541 e. The van der Waals surface area contributed by atoms with Crippen LogP contribution in [-0.2, 0) is 5.41 Å². The van der Waals surface area contributed by atoms with E-state index in [0.29, 0.717) is 0 Å². The van der Waals surface area contributed by atoms with Crippen LogP contribution in [0.1, 0.15) is 25.0 Å². The third kappa shape index (κ3) is 3.23. The van der Waals surface area contributed by atoms with Gasteiger partial charge in [0.05, 0.1) is 11.0 Å². The number of fused-ring (bicyclic) bond motifs is 7. The van der Waals surface area contributed by atoms with E-state index in [2.05, 4.69) is 158 Å². The molecule has 192 valence electrons. The summed E-state index contributed by atoms with van der Waals surface area (Å²) in [7, 11) is 2.17. The van der Waals surface area contributed by atoms with Crippen molar-refractivity contribution in [3.63, 3.8) is 0 Å². The molecule has 0 unspecified atom stereocenters. The van der Waals surface area contributed by atoms with Crippen LogP contribution >= 0.6 is 0 Å². The zero-order valence-corrected chi connectivity index (χ0v) is 23.0. The molecule has 0 saturated carbocycles. The fraction of sp³-hybridized carbons (Fsp3) is 0.105. The Hall–Kier alpha value is -4.82. The Morgan fingerprint density at radius 3 is 1.80 bits per heavy atom. The molecule has 1 heterocycles. The zero-order valence-electron chi connectivity index (χ0n) is 23.0. The maximum absolute atomic E-state index is 2.42. The first kappa shape index (κ1) is 23.1. The SMILES string of the molecule is CN(c1ccc2c(c1)C(C)(C)c1cc(-n3c4ccccc4c4ccccc43)ccc1-2)c1ccc2ccccc2c1. The van der Waals surface area contributed by atoms with Crippen LogP contribution in [0.4, 0.5) is 11.4 Å². The van der Waals surface area contributed by atoms with Crippen molar-refractivity contribution in [3.05, 3.63) is 139 Å². The number of benzene rings is 6. The van der Waals surface area contributed by atoms with E-state index < -0.39 is 0 Å². The van der Waals surface area contributed by atoms with Crippen LogP contribution in [-0.4, -0.2) is 11.6 Å². The van der Waals surface area contributed by atoms with Gasteiger partial charge >= 0.3 is 0 Å². The van der Waals surface area contributed by atoms with Gasteiger partial charge in [0.2, 0.25) is 0 Å². The Morgan fingerprint density at radius 2 is 1.07 bits per heavy atom. The standard InChI is InChI=1S/C38H30N2/c1-38(2)34-23-28(39(3)27-17-16-25-10-4-5-11-26(25)22-27)18-20-30(34)31-21-19-29(24-35(31)38)40-36-14-8-6-12-32(36)33-13-7-9-15-37(33)40/h4-24H,1-3H3. The number of anilines is 2. The molecule has 0 N–H and O–H groups in total. The van der Waals surface area contributed by atoms with Gasteiger partial charge in [-0.3, -0.25) is 0 Å². The van der Waals surface area contributed by atoms with Gasteiger partial charge in [-0.15, -0.1) is 0 Å². The largest absolute Gasteiger partial charge is 0.345 e. The fourth-order valence-corrected chi connectivity index (χ4v) is 6.80. The summed E-state index contributed by atoms with van der Waals surface area (Å²) >= 11 is 0. The van der Waals surface area contributed by atoms with Gasteiger partial charge in [0.1, 0.15) is 0 Å². The summed E-state index contributed by atoms with van der Waals surface area (Å²) in [5.74, 6) is 0. The lowest BCUT2D eigenvalue weighted by molar-refractivity contribution is 0.660. The summed E-state index contributed by atoms with van der Waals surface area (Å²) in [6.45, 7) is 4.74. The molecule has 8 rings (SSSR count). The van der Waals surface area contributed by atoms with Crippen LogP contribution in [0, 0.1) is 0 Å². The molecule has 0 aliphatic heterocycles. The molecule has 1 aliphatic carbocycles. The van der Waals surface area contributed by atoms with Gasteiger partial charge in [-0.25, -0.2) is 0 Å². The maximum Gasteiger partial charge on any atom is 0.0541 e. The van der Waals surface area contributed by atoms with Gasteiger partial charge in [0.15, 0.2) is 0 Å². The third-order valence-corrected chi connectivity index (χ3v) is 8.99. The Labute approximate surface area is 234 Å². The highest BCUT2D eigenvalue weighted by molar-refractivity contribution is 6.09. The van der Waals surface area contributed by atoms with Gasteiger partial charge in [-0.1, -0.05) is 92.7 Å². The quantitative estimate of drug-likeness (QED) is 0.228. The van der Waals surface area contributed by atoms with Crippen molar-refractivity contribution >= 4 is 44.0 Å². The molecular weight excluding hydrogens is 484 g/mol. The summed E-state index contributed by atoms with van der Waals surface area (Å²) < 4.78 is 2.42. The van der Waals surface area contributed by atoms with Crippen LogP contribution in [0.5, 0.6) is 0 Å². The van der Waals surface area contributed by atoms with Crippen molar-refractivity contribution in [2.24, 2.45) is 0 Å². The van der Waals surface area contributed by atoms with E-state index in [1.807, 2.05) is 0 Å². The van der Waals surface area contributed by atoms with Crippen molar-refractivity contribution in [3.8, 4) is 16.8 Å². The van der Waals surface area contributed by atoms with E-state index in [1.165, 1.54) is 71.9 Å². The van der Waals surface area contributed by atoms with Crippen molar-refractivity contribution < 1.29 is 0 Å². The first-order valence-corrected chi connectivity index (χ1v) is 14.0. The summed E-state index contributed by atoms with van der Waals surface area (Å²) in [4.78, 5) is 2.30. The molecule has 0 spiro atoms. The summed E-state index contributed by atoms with van der Waals surface area (Å²) in [6.07, 6.45) is 0. The molecular formula is C38H30N2. The van der Waals surface area contributed by atoms with Crippen molar-refractivity contribution in [1.29, 1.82) is 0 Å². The van der Waals surface area contributed by atoms with Crippen molar-refractivity contribution in [1.82, 2.24) is 4.57 Å². The minimum absolute atomic E-state index is 0.111. The van der Waals surface area contributed by atoms with Gasteiger partial charge in [-0.2, -0.15) is 0 Å². The van der Waals surface area contributed by atoms with Crippen molar-refractivity contribution in [2.45, 2.75) is 19.3 Å². The fourth-order valence-electron chi connectivity index (χ4n) is 6.80. The van der Waals surface area contributed by atoms with Gasteiger partial charge < -0.3 is 9.47 Å². The minimum atomic E-state index is -0.111. The number of hydrogen-bond acceptors (Lipinski definition) is 1. The Balaban J connectivity index is 1.24. The molecule has 0 bridgehead atoms. The molecule has 0 radical (unpaired) electrons. The predicted octanol–water partition coefficient (Wildman–Crippen LogP) is 10.0. The highest BCUT2D eigenvalue weighted by Crippen LogP contribution is 2.51. The number of aromatic nitrogens is 1. The summed E-state index contributed by atoms with van der Waals surface area (Å²) in [5, 5.41) is 5.12. The van der Waals surface area contributed by atoms with Gasteiger partial charge in [0, 0.05) is 40.3 Å². The normalized spacial score (nSPS) is 13.6. The molecule has 2 heteroatoms. The number of para-hydroxylation sites is 2. The second kappa shape index (κ2) is 8.34. The highest BCUT2D eigenvalue weighted by atomic mass is 15.1. The van der Waals surface area contributed by atoms with Crippen LogP contribution in [0.15, 0.2) is 127 Å². The first-order chi connectivity index (χ1) is 19.5. The molecule has 0 atom stereocenters. The molecule has 1 aromatic heterocycles. The Kier molecular flexibility index (Phi) is 4.82. The topological polar surface area (TPSA) is 8.17 Å². The van der Waals surface area contributed by atoms with E-state index >= 15 is 0 Å². The van der Waals surface area contributed by atoms with Crippen LogP contribution in [0.2, 0.25) is 0 Å². The third-order valence-electron chi connectivity index (χ3n) is 8.99. The van der Waals surface area contributed by atoms with E-state index in [4.69, 9.17) is 0 Å². The lowest BCUT2D eigenvalue weighted by atomic mass is 9.82. The molecule has 1 aliphatic rings. The molecule has 6 aromatic carbocycles. The maximum atomic E-state index is 2.42. The number of rotatable bonds is 3. The monoisotopic (exact) mass is 514 g/mol. The number of hydrogen-bond donors (Lipinski definition) is 0. The molecule has 0 saturated heterocycles. The van der Waals surface area contributed by atoms with E-state index in [9.17, 15) is 0 Å². The average Bonchev–Trinajstić information content (AvgIpc) is 3.45. The summed E-state index contributed by atoms with van der Waals surface area (Å²) in [5.41, 5.74) is 11.4. The molecule has 0 fully saturated rings. The van der Waals surface area contributed by atoms with Gasteiger partial charge in [0.25, 0.3) is 0 Å². The lowest BCUT2D eigenvalue weighted by Gasteiger charge is -2.25. The van der Waals surface area contributed by atoms with Gasteiger partial charge in [-0.05, 0) is 81.6 Å². The molecule has 0 amide bonds. The van der Waals surface area contributed by atoms with Crippen LogP contribution in [0.3, 0.4) is 0 Å². The van der Waals surface area contributed by atoms with Crippen LogP contribution in [0.25, 0.3) is 49.4 Å². The second-order valence-electron chi connectivity index (χ2n) is 11.5. The first-order valence-electron chi connectivity index (χ1n) is 14.0. The zero-order chi connectivity index (χ0) is 27.0. The van der Waals surface area contributed by atoms with E-state index in [1.54, 1.807) is 0 Å². The van der Waals surface area contributed by atoms with Crippen molar-refractivity contribution in [2.75, 3.05) is 11.9 Å². The number of nitrogens with zero attached hydrogens (tertiary/aromatic N) is 2. The molecule has 7 aromatic rings. The average molecular weight is 515 g/mol. The van der Waals surface area contributed by atoms with Crippen LogP contribution < -0.4 is 4.90 Å². The Morgan fingerprint density at radius 1 is 0.525 bits per heavy atom. The highest BCUT2D eigenvalue weighted by Gasteiger charge is 2.36.